The van der Waals surface area contributed by atoms with E-state index in [1.54, 1.807) is 12.2 Å². The Morgan fingerprint density at radius 1 is 1.12 bits per heavy atom. The summed E-state index contributed by atoms with van der Waals surface area (Å²) >= 11 is 4.75. The number of furan rings is 1. The molecule has 3 heterocycles. The molecule has 5 aromatic rings. The van der Waals surface area contributed by atoms with Crippen molar-refractivity contribution in [2.24, 2.45) is 0 Å². The van der Waals surface area contributed by atoms with Crippen molar-refractivity contribution in [2.45, 2.75) is 13.3 Å². The molecule has 0 bridgehead atoms. The molecule has 0 aliphatic rings. The van der Waals surface area contributed by atoms with Crippen molar-refractivity contribution in [2.75, 3.05) is 6.61 Å². The van der Waals surface area contributed by atoms with Crippen LogP contribution in [0.3, 0.4) is 0 Å². The van der Waals surface area contributed by atoms with Crippen molar-refractivity contribution in [3.05, 3.63) is 97.2 Å². The lowest BCUT2D eigenvalue weighted by Crippen LogP contribution is -2.23. The van der Waals surface area contributed by atoms with E-state index in [1.807, 2.05) is 66.7 Å². The number of benzene rings is 2. The molecule has 5 rings (SSSR count). The van der Waals surface area contributed by atoms with Gasteiger partial charge in [0.25, 0.3) is 5.56 Å². The van der Waals surface area contributed by atoms with Crippen LogP contribution in [0.15, 0.2) is 74.3 Å². The van der Waals surface area contributed by atoms with E-state index < -0.39 is 0 Å². The molecule has 6 nitrogen and oxygen atoms in total. The first-order valence-electron chi connectivity index (χ1n) is 10.8. The van der Waals surface area contributed by atoms with Crippen LogP contribution in [0.2, 0.25) is 0 Å². The predicted octanol–water partition coefficient (Wildman–Crippen LogP) is 5.68. The van der Waals surface area contributed by atoms with Crippen LogP contribution in [0.1, 0.15) is 30.5 Å². The molecule has 0 spiro atoms. The smallest absolute Gasteiger partial charge is 0.291 e. The number of hydrogen-bond acceptors (Lipinski definition) is 6. The second-order valence-electron chi connectivity index (χ2n) is 7.54. The minimum absolute atomic E-state index is 0.218. The molecule has 0 radical (unpaired) electrons. The van der Waals surface area contributed by atoms with E-state index in [4.69, 9.17) is 9.15 Å². The normalized spacial score (nSPS) is 12.2. The molecule has 0 aliphatic heterocycles. The van der Waals surface area contributed by atoms with Crippen LogP contribution >= 0.6 is 27.3 Å². The minimum atomic E-state index is -0.218. The molecule has 0 saturated carbocycles. The maximum absolute atomic E-state index is 12.8. The predicted molar refractivity (Wildman–Crippen MR) is 139 cm³/mol. The van der Waals surface area contributed by atoms with Crippen molar-refractivity contribution >= 4 is 50.5 Å². The molecule has 0 fully saturated rings. The van der Waals surface area contributed by atoms with Gasteiger partial charge in [0.05, 0.1) is 6.61 Å². The Kier molecular flexibility index (Phi) is 6.42. The zero-order valence-corrected chi connectivity index (χ0v) is 20.7. The highest BCUT2D eigenvalue weighted by molar-refractivity contribution is 9.10. The van der Waals surface area contributed by atoms with Gasteiger partial charge in [-0.05, 0) is 54.5 Å². The van der Waals surface area contributed by atoms with Crippen molar-refractivity contribution < 1.29 is 9.15 Å². The molecule has 170 valence electrons. The number of fused-ring (bicyclic) bond motifs is 1. The summed E-state index contributed by atoms with van der Waals surface area (Å²) in [4.78, 5) is 17.8. The average molecular weight is 534 g/mol. The number of ether oxygens (including phenoxy) is 1. The first-order valence-corrected chi connectivity index (χ1v) is 12.4. The summed E-state index contributed by atoms with van der Waals surface area (Å²) in [6.07, 6.45) is 6.40. The lowest BCUT2D eigenvalue weighted by molar-refractivity contribution is 0.317. The van der Waals surface area contributed by atoms with Crippen molar-refractivity contribution in [3.63, 3.8) is 0 Å². The van der Waals surface area contributed by atoms with Gasteiger partial charge in [0.2, 0.25) is 4.96 Å². The summed E-state index contributed by atoms with van der Waals surface area (Å²) in [5.74, 6) is 2.66. The first kappa shape index (κ1) is 22.3. The van der Waals surface area contributed by atoms with E-state index in [2.05, 4.69) is 32.9 Å². The van der Waals surface area contributed by atoms with Crippen LogP contribution in [0.4, 0.5) is 0 Å². The molecule has 0 atom stereocenters. The van der Waals surface area contributed by atoms with Crippen LogP contribution in [-0.4, -0.2) is 21.2 Å². The molecule has 2 aromatic carbocycles. The molecule has 34 heavy (non-hydrogen) atoms. The number of thiazole rings is 1. The number of aromatic nitrogens is 3. The lowest BCUT2D eigenvalue weighted by Gasteiger charge is -2.03. The monoisotopic (exact) mass is 533 g/mol. The van der Waals surface area contributed by atoms with Crippen molar-refractivity contribution in [1.82, 2.24) is 14.6 Å². The molecule has 3 aromatic heterocycles. The zero-order chi connectivity index (χ0) is 23.5. The first-order chi connectivity index (χ1) is 16.6. The average Bonchev–Trinajstić information content (AvgIpc) is 3.54. The van der Waals surface area contributed by atoms with Gasteiger partial charge in [-0.25, -0.2) is 0 Å². The van der Waals surface area contributed by atoms with E-state index in [9.17, 15) is 4.79 Å². The van der Waals surface area contributed by atoms with Crippen LogP contribution in [0.25, 0.3) is 34.5 Å². The number of rotatable bonds is 7. The Balaban J connectivity index is 1.35. The molecule has 0 saturated heterocycles. The van der Waals surface area contributed by atoms with E-state index >= 15 is 0 Å². The molecular formula is C26H20BrN3O3S. The van der Waals surface area contributed by atoms with E-state index in [1.165, 1.54) is 15.9 Å². The lowest BCUT2D eigenvalue weighted by atomic mass is 10.2. The third-order valence-electron chi connectivity index (χ3n) is 4.99. The van der Waals surface area contributed by atoms with Gasteiger partial charge in [-0.3, -0.25) is 4.79 Å². The summed E-state index contributed by atoms with van der Waals surface area (Å²) in [6.45, 7) is 2.78. The largest absolute Gasteiger partial charge is 0.494 e. The van der Waals surface area contributed by atoms with Crippen LogP contribution in [0, 0.1) is 0 Å². The molecule has 0 N–H and O–H groups in total. The van der Waals surface area contributed by atoms with E-state index in [0.29, 0.717) is 27.7 Å². The Hall–Kier alpha value is -3.49. The fourth-order valence-corrected chi connectivity index (χ4v) is 4.64. The van der Waals surface area contributed by atoms with Gasteiger partial charge in [0, 0.05) is 16.1 Å². The van der Waals surface area contributed by atoms with Gasteiger partial charge in [-0.2, -0.15) is 9.50 Å². The van der Waals surface area contributed by atoms with Crippen molar-refractivity contribution in [3.8, 4) is 17.1 Å². The Morgan fingerprint density at radius 2 is 1.97 bits per heavy atom. The quantitative estimate of drug-likeness (QED) is 0.269. The van der Waals surface area contributed by atoms with Gasteiger partial charge in [-0.15, -0.1) is 5.10 Å². The Bertz CT molecular complexity index is 1580. The van der Waals surface area contributed by atoms with Gasteiger partial charge >= 0.3 is 0 Å². The zero-order valence-electron chi connectivity index (χ0n) is 18.3. The van der Waals surface area contributed by atoms with Gasteiger partial charge < -0.3 is 9.15 Å². The van der Waals surface area contributed by atoms with Gasteiger partial charge in [0.15, 0.2) is 5.82 Å². The van der Waals surface area contributed by atoms with Gasteiger partial charge in [0.1, 0.15) is 21.8 Å². The van der Waals surface area contributed by atoms with Crippen molar-refractivity contribution in [1.29, 1.82) is 0 Å². The van der Waals surface area contributed by atoms with E-state index in [-0.39, 0.29) is 5.56 Å². The standard InChI is InChI=1S/C26H20BrN3O3S/c1-2-14-32-20-9-6-17(7-10-20)8-13-24-28-26-30(29-24)25(31)23(34-26)16-21-11-12-22(33-21)18-4-3-5-19(27)15-18/h3-13,15-16H,2,14H2,1H3/b13-8+,23-16-. The molecule has 0 aliphatic carbocycles. The molecular weight excluding hydrogens is 514 g/mol. The maximum atomic E-state index is 12.8. The summed E-state index contributed by atoms with van der Waals surface area (Å²) in [5, 5.41) is 4.35. The topological polar surface area (TPSA) is 69.6 Å². The second-order valence-corrected chi connectivity index (χ2v) is 9.47. The maximum Gasteiger partial charge on any atom is 0.291 e. The molecule has 8 heteroatoms. The van der Waals surface area contributed by atoms with Gasteiger partial charge in [-0.1, -0.05) is 64.5 Å². The summed E-state index contributed by atoms with van der Waals surface area (Å²) in [6, 6.07) is 19.4. The minimum Gasteiger partial charge on any atom is -0.494 e. The third-order valence-corrected chi connectivity index (χ3v) is 6.44. The fraction of sp³-hybridized carbons (Fsp3) is 0.115. The fourth-order valence-electron chi connectivity index (χ4n) is 3.34. The Labute approximate surface area is 208 Å². The SMILES string of the molecule is CCCOc1ccc(/C=C/c2nc3s/c(=C\c4ccc(-c5cccc(Br)c5)o4)c(=O)n3n2)cc1. The molecule has 0 unspecified atom stereocenters. The third kappa shape index (κ3) is 4.88. The second kappa shape index (κ2) is 9.79. The highest BCUT2D eigenvalue weighted by Gasteiger charge is 2.10. The number of halogens is 1. The van der Waals surface area contributed by atoms with Crippen LogP contribution in [-0.2, 0) is 0 Å². The van der Waals surface area contributed by atoms with E-state index in [0.717, 1.165) is 33.5 Å². The van der Waals surface area contributed by atoms with Crippen LogP contribution in [0.5, 0.6) is 5.75 Å². The highest BCUT2D eigenvalue weighted by atomic mass is 79.9. The van der Waals surface area contributed by atoms with Crippen LogP contribution < -0.4 is 14.8 Å². The summed E-state index contributed by atoms with van der Waals surface area (Å²) in [7, 11) is 0. The number of nitrogens with zero attached hydrogens (tertiary/aromatic N) is 3. The summed E-state index contributed by atoms with van der Waals surface area (Å²) < 4.78 is 14.3. The molecule has 0 amide bonds. The Morgan fingerprint density at radius 3 is 2.74 bits per heavy atom. The highest BCUT2D eigenvalue weighted by Crippen LogP contribution is 2.25. The summed E-state index contributed by atoms with van der Waals surface area (Å²) in [5.41, 5.74) is 1.74. The number of hydrogen-bond donors (Lipinski definition) is 0.